The largest absolute Gasteiger partial charge is 0.460 e. The molecule has 1 heterocycles. The summed E-state index contributed by atoms with van der Waals surface area (Å²) in [5.41, 5.74) is 0. The highest BCUT2D eigenvalue weighted by molar-refractivity contribution is 6.29. The Balaban J connectivity index is 2.56. The Hall–Kier alpha value is -1.22. The van der Waals surface area contributed by atoms with E-state index >= 15 is 0 Å². The molecule has 0 radical (unpaired) electrons. The topological polar surface area (TPSA) is 39.4 Å². The molecule has 4 heteroatoms. The monoisotopic (exact) mass is 228 g/mol. The second-order valence-corrected chi connectivity index (χ2v) is 3.54. The Morgan fingerprint density at radius 1 is 1.60 bits per heavy atom. The third kappa shape index (κ3) is 3.80. The lowest BCUT2D eigenvalue weighted by molar-refractivity contribution is 0.0488. The Bertz CT molecular complexity index is 354. The third-order valence-corrected chi connectivity index (χ3v) is 1.97. The molecular formula is C11H13ClO3. The molecule has 0 spiro atoms. The summed E-state index contributed by atoms with van der Waals surface area (Å²) < 4.78 is 10.1. The van der Waals surface area contributed by atoms with Gasteiger partial charge in [0.15, 0.2) is 0 Å². The molecule has 0 saturated heterocycles. The van der Waals surface area contributed by atoms with Crippen molar-refractivity contribution < 1.29 is 13.9 Å². The number of carbonyl (C=O) groups is 1. The Labute approximate surface area is 93.7 Å². The predicted molar refractivity (Wildman–Crippen MR) is 58.0 cm³/mol. The van der Waals surface area contributed by atoms with Gasteiger partial charge in [-0.15, -0.1) is 0 Å². The number of hydrogen-bond donors (Lipinski definition) is 0. The first-order valence-corrected chi connectivity index (χ1v) is 5.10. The molecule has 3 nitrogen and oxygen atoms in total. The van der Waals surface area contributed by atoms with Crippen LogP contribution in [0.4, 0.5) is 0 Å². The SMILES string of the molecule is C=C(Cl)CCc1ccc(C(=O)OCC)o1. The Morgan fingerprint density at radius 2 is 2.33 bits per heavy atom. The standard InChI is InChI=1S/C11H13ClO3/c1-3-14-11(13)10-7-6-9(15-10)5-4-8(2)12/h6-7H,2-5H2,1H3. The van der Waals surface area contributed by atoms with Crippen LogP contribution in [0.2, 0.25) is 0 Å². The highest BCUT2D eigenvalue weighted by Gasteiger charge is 2.11. The molecule has 0 aliphatic heterocycles. The lowest BCUT2D eigenvalue weighted by Gasteiger charge is -1.97. The van der Waals surface area contributed by atoms with Crippen molar-refractivity contribution in [3.8, 4) is 0 Å². The second-order valence-electron chi connectivity index (χ2n) is 3.00. The van der Waals surface area contributed by atoms with Gasteiger partial charge in [0, 0.05) is 11.5 Å². The van der Waals surface area contributed by atoms with E-state index in [2.05, 4.69) is 6.58 Å². The van der Waals surface area contributed by atoms with E-state index in [9.17, 15) is 4.79 Å². The number of halogens is 1. The summed E-state index contributed by atoms with van der Waals surface area (Å²) in [6.07, 6.45) is 1.28. The number of carbonyl (C=O) groups excluding carboxylic acids is 1. The van der Waals surface area contributed by atoms with Crippen LogP contribution in [0.1, 0.15) is 29.7 Å². The molecular weight excluding hydrogens is 216 g/mol. The molecule has 0 aliphatic rings. The number of ether oxygens (including phenoxy) is 1. The van der Waals surface area contributed by atoms with Crippen molar-refractivity contribution in [1.29, 1.82) is 0 Å². The second kappa shape index (κ2) is 5.61. The van der Waals surface area contributed by atoms with E-state index in [4.69, 9.17) is 20.8 Å². The number of rotatable bonds is 5. The quantitative estimate of drug-likeness (QED) is 0.727. The van der Waals surface area contributed by atoms with E-state index in [0.29, 0.717) is 30.2 Å². The summed E-state index contributed by atoms with van der Waals surface area (Å²) in [6.45, 7) is 5.66. The van der Waals surface area contributed by atoms with E-state index in [1.165, 1.54) is 0 Å². The summed E-state index contributed by atoms with van der Waals surface area (Å²) in [6, 6.07) is 3.34. The van der Waals surface area contributed by atoms with Crippen LogP contribution in [-0.4, -0.2) is 12.6 Å². The third-order valence-electron chi connectivity index (χ3n) is 1.78. The summed E-state index contributed by atoms with van der Waals surface area (Å²) >= 11 is 5.62. The van der Waals surface area contributed by atoms with Gasteiger partial charge in [0.2, 0.25) is 5.76 Å². The highest BCUT2D eigenvalue weighted by Crippen LogP contribution is 2.14. The number of furan rings is 1. The van der Waals surface area contributed by atoms with Crippen LogP contribution >= 0.6 is 11.6 Å². The average molecular weight is 229 g/mol. The lowest BCUT2D eigenvalue weighted by Crippen LogP contribution is -2.02. The molecule has 0 amide bonds. The van der Waals surface area contributed by atoms with Gasteiger partial charge in [-0.05, 0) is 25.5 Å². The van der Waals surface area contributed by atoms with Gasteiger partial charge in [-0.3, -0.25) is 0 Å². The van der Waals surface area contributed by atoms with E-state index in [0.717, 1.165) is 0 Å². The van der Waals surface area contributed by atoms with Gasteiger partial charge in [-0.25, -0.2) is 4.79 Å². The summed E-state index contributed by atoms with van der Waals surface area (Å²) in [7, 11) is 0. The van der Waals surface area contributed by atoms with Crippen molar-refractivity contribution >= 4 is 17.6 Å². The van der Waals surface area contributed by atoms with Crippen LogP contribution in [0.3, 0.4) is 0 Å². The molecule has 15 heavy (non-hydrogen) atoms. The van der Waals surface area contributed by atoms with Crippen LogP contribution in [0.15, 0.2) is 28.2 Å². The van der Waals surface area contributed by atoms with Crippen molar-refractivity contribution in [3.63, 3.8) is 0 Å². The average Bonchev–Trinajstić information content (AvgIpc) is 2.63. The molecule has 0 atom stereocenters. The van der Waals surface area contributed by atoms with Crippen LogP contribution in [0.5, 0.6) is 0 Å². The van der Waals surface area contributed by atoms with Crippen LogP contribution in [-0.2, 0) is 11.2 Å². The minimum atomic E-state index is -0.437. The number of allylic oxidation sites excluding steroid dienone is 1. The zero-order chi connectivity index (χ0) is 11.3. The highest BCUT2D eigenvalue weighted by atomic mass is 35.5. The van der Waals surface area contributed by atoms with Gasteiger partial charge >= 0.3 is 5.97 Å². The molecule has 0 aromatic carbocycles. The first-order chi connectivity index (χ1) is 7.13. The maximum Gasteiger partial charge on any atom is 0.374 e. The normalized spacial score (nSPS) is 10.0. The minimum absolute atomic E-state index is 0.229. The molecule has 0 fully saturated rings. The Kier molecular flexibility index (Phi) is 4.43. The molecule has 0 saturated carbocycles. The molecule has 82 valence electrons. The van der Waals surface area contributed by atoms with Crippen molar-refractivity contribution in [2.24, 2.45) is 0 Å². The minimum Gasteiger partial charge on any atom is -0.460 e. The van der Waals surface area contributed by atoms with Gasteiger partial charge < -0.3 is 9.15 Å². The first kappa shape index (κ1) is 11.9. The van der Waals surface area contributed by atoms with Crippen molar-refractivity contribution in [2.45, 2.75) is 19.8 Å². The molecule has 1 aromatic heterocycles. The van der Waals surface area contributed by atoms with E-state index < -0.39 is 5.97 Å². The van der Waals surface area contributed by atoms with Crippen molar-refractivity contribution in [3.05, 3.63) is 35.3 Å². The summed E-state index contributed by atoms with van der Waals surface area (Å²) in [5, 5.41) is 0.573. The van der Waals surface area contributed by atoms with Gasteiger partial charge in [0.05, 0.1) is 6.61 Å². The fourth-order valence-electron chi connectivity index (χ4n) is 1.08. The van der Waals surface area contributed by atoms with Crippen molar-refractivity contribution in [1.82, 2.24) is 0 Å². The predicted octanol–water partition coefficient (Wildman–Crippen LogP) is 3.14. The fraction of sp³-hybridized carbons (Fsp3) is 0.364. The van der Waals surface area contributed by atoms with Gasteiger partial charge in [0.25, 0.3) is 0 Å². The van der Waals surface area contributed by atoms with Crippen molar-refractivity contribution in [2.75, 3.05) is 6.61 Å². The van der Waals surface area contributed by atoms with Gasteiger partial charge in [0.1, 0.15) is 5.76 Å². The maximum atomic E-state index is 11.2. The van der Waals surface area contributed by atoms with Crippen LogP contribution in [0, 0.1) is 0 Å². The molecule has 0 bridgehead atoms. The Morgan fingerprint density at radius 3 is 2.93 bits per heavy atom. The molecule has 1 rings (SSSR count). The smallest absolute Gasteiger partial charge is 0.374 e. The van der Waals surface area contributed by atoms with E-state index in [1.54, 1.807) is 19.1 Å². The van der Waals surface area contributed by atoms with Crippen LogP contribution in [0.25, 0.3) is 0 Å². The zero-order valence-electron chi connectivity index (χ0n) is 8.59. The van der Waals surface area contributed by atoms with Crippen LogP contribution < -0.4 is 0 Å². The molecule has 0 N–H and O–H groups in total. The maximum absolute atomic E-state index is 11.2. The fourth-order valence-corrected chi connectivity index (χ4v) is 1.18. The lowest BCUT2D eigenvalue weighted by atomic mass is 10.2. The first-order valence-electron chi connectivity index (χ1n) is 4.72. The summed E-state index contributed by atoms with van der Waals surface area (Å²) in [4.78, 5) is 11.2. The molecule has 0 unspecified atom stereocenters. The van der Waals surface area contributed by atoms with E-state index in [-0.39, 0.29) is 5.76 Å². The zero-order valence-corrected chi connectivity index (χ0v) is 9.34. The molecule has 1 aromatic rings. The number of hydrogen-bond acceptors (Lipinski definition) is 3. The summed E-state index contributed by atoms with van der Waals surface area (Å²) in [5.74, 6) is 0.500. The number of aryl methyl sites for hydroxylation is 1. The van der Waals surface area contributed by atoms with E-state index in [1.807, 2.05) is 0 Å². The van der Waals surface area contributed by atoms with Gasteiger partial charge in [-0.2, -0.15) is 0 Å². The van der Waals surface area contributed by atoms with Gasteiger partial charge in [-0.1, -0.05) is 18.2 Å². The molecule has 0 aliphatic carbocycles. The number of esters is 1.